The number of halogens is 3. The van der Waals surface area contributed by atoms with Crippen LogP contribution in [0.4, 0.5) is 13.2 Å². The maximum absolute atomic E-state index is 13.3. The summed E-state index contributed by atoms with van der Waals surface area (Å²) in [5.74, 6) is -2.48. The lowest BCUT2D eigenvalue weighted by atomic mass is 9.84. The van der Waals surface area contributed by atoms with Gasteiger partial charge in [-0.05, 0) is 42.2 Å². The molecule has 11 heteroatoms. The van der Waals surface area contributed by atoms with Crippen LogP contribution in [0.15, 0.2) is 74.6 Å². The first kappa shape index (κ1) is 29.2. The van der Waals surface area contributed by atoms with Crippen LogP contribution in [-0.2, 0) is 25.7 Å². The second-order valence-electron chi connectivity index (χ2n) is 9.49. The Bertz CT molecular complexity index is 1400. The van der Waals surface area contributed by atoms with Gasteiger partial charge < -0.3 is 5.32 Å². The Labute approximate surface area is 221 Å². The van der Waals surface area contributed by atoms with Crippen molar-refractivity contribution in [3.63, 3.8) is 0 Å². The molecule has 3 rings (SSSR count). The molecule has 7 nitrogen and oxygen atoms in total. The van der Waals surface area contributed by atoms with E-state index in [0.717, 1.165) is 23.9 Å². The summed E-state index contributed by atoms with van der Waals surface area (Å²) in [6.07, 6.45) is -3.41. The van der Waals surface area contributed by atoms with Crippen LogP contribution in [0.2, 0.25) is 0 Å². The molecule has 0 aromatic heterocycles. The number of alkyl halides is 3. The Kier molecular flexibility index (Phi) is 8.62. The summed E-state index contributed by atoms with van der Waals surface area (Å²) in [4.78, 5) is 31.3. The van der Waals surface area contributed by atoms with E-state index in [0.29, 0.717) is 10.6 Å². The lowest BCUT2D eigenvalue weighted by molar-refractivity contribution is -0.137. The third-order valence-electron chi connectivity index (χ3n) is 6.38. The predicted molar refractivity (Wildman–Crippen MR) is 141 cm³/mol. The molecule has 1 amide bonds. The van der Waals surface area contributed by atoms with Crippen molar-refractivity contribution in [1.29, 1.82) is 0 Å². The summed E-state index contributed by atoms with van der Waals surface area (Å²) in [6, 6.07) is 10.9. The quantitative estimate of drug-likeness (QED) is 0.485. The van der Waals surface area contributed by atoms with Crippen molar-refractivity contribution < 1.29 is 27.0 Å². The zero-order valence-electron chi connectivity index (χ0n) is 22.0. The van der Waals surface area contributed by atoms with Gasteiger partial charge in [0.2, 0.25) is 0 Å². The molecule has 3 unspecified atom stereocenters. The van der Waals surface area contributed by atoms with Gasteiger partial charge in [-0.2, -0.15) is 13.2 Å². The Morgan fingerprint density at radius 1 is 1.13 bits per heavy atom. The minimum absolute atomic E-state index is 0.0809. The third kappa shape index (κ3) is 5.88. The van der Waals surface area contributed by atoms with Crippen LogP contribution in [-0.4, -0.2) is 47.1 Å². The lowest BCUT2D eigenvalue weighted by Gasteiger charge is -2.26. The number of ketones is 1. The van der Waals surface area contributed by atoms with E-state index >= 15 is 0 Å². The number of amides is 1. The van der Waals surface area contributed by atoms with E-state index in [1.807, 2.05) is 13.8 Å². The summed E-state index contributed by atoms with van der Waals surface area (Å²) in [7, 11) is 2.08. The van der Waals surface area contributed by atoms with Crippen molar-refractivity contribution in [2.75, 3.05) is 21.1 Å². The van der Waals surface area contributed by atoms with Crippen molar-refractivity contribution in [3.05, 3.63) is 77.0 Å². The average Bonchev–Trinajstić information content (AvgIpc) is 2.86. The minimum Gasteiger partial charge on any atom is -0.345 e. The highest BCUT2D eigenvalue weighted by Gasteiger charge is 2.36. The Balaban J connectivity index is 1.88. The Hall–Kier alpha value is -3.31. The number of hydrogen-bond donors (Lipinski definition) is 1. The number of Topliss-reactive ketones (excluding diaryl/α,β-unsaturated/α-hetero) is 1. The van der Waals surface area contributed by atoms with Gasteiger partial charge in [0.15, 0.2) is 5.78 Å². The standard InChI is InChI=1S/C27H31F3N4O3S/c1-16(2)24(18-10-12-21(13-11-18)38(37,31-4)34(5)6)33-26(36)22-15-32-17(3)23(25(22)35)19-8-7-9-20(14-19)27(28,29)30/h7-16,23-24H,1-6H3,(H,33,36). The van der Waals surface area contributed by atoms with Crippen LogP contribution < -0.4 is 5.32 Å². The Morgan fingerprint density at radius 3 is 2.29 bits per heavy atom. The summed E-state index contributed by atoms with van der Waals surface area (Å²) in [5.41, 5.74) is 0.0277. The highest BCUT2D eigenvalue weighted by molar-refractivity contribution is 7.91. The molecular formula is C27H31F3N4O3S. The fraction of sp³-hybridized carbons (Fsp3) is 0.370. The van der Waals surface area contributed by atoms with E-state index in [9.17, 15) is 27.0 Å². The first-order chi connectivity index (χ1) is 17.7. The van der Waals surface area contributed by atoms with Gasteiger partial charge in [-0.3, -0.25) is 14.6 Å². The third-order valence-corrected chi connectivity index (χ3v) is 8.75. The largest absolute Gasteiger partial charge is 0.416 e. The van der Waals surface area contributed by atoms with Crippen molar-refractivity contribution >= 4 is 27.3 Å². The van der Waals surface area contributed by atoms with Crippen LogP contribution >= 0.6 is 0 Å². The SMILES string of the molecule is CN=S(=O)(c1ccc(C(NC(=O)C2=CN=C(C)C(c3cccc(C(F)(F)F)c3)C2=O)C(C)C)cc1)N(C)C. The first-order valence-electron chi connectivity index (χ1n) is 11.9. The number of aliphatic imine (C=N–C) groups is 1. The summed E-state index contributed by atoms with van der Waals surface area (Å²) < 4.78 is 58.4. The smallest absolute Gasteiger partial charge is 0.345 e. The highest BCUT2D eigenvalue weighted by atomic mass is 32.2. The fourth-order valence-corrected chi connectivity index (χ4v) is 5.74. The number of carbonyl (C=O) groups excluding carboxylic acids is 2. The molecule has 1 heterocycles. The maximum Gasteiger partial charge on any atom is 0.416 e. The molecule has 1 aliphatic rings. The van der Waals surface area contributed by atoms with E-state index in [1.165, 1.54) is 23.5 Å². The van der Waals surface area contributed by atoms with Crippen LogP contribution in [0.1, 0.15) is 49.4 Å². The molecule has 1 N–H and O–H groups in total. The highest BCUT2D eigenvalue weighted by Crippen LogP contribution is 2.34. The average molecular weight is 549 g/mol. The van der Waals surface area contributed by atoms with Crippen molar-refractivity contribution in [2.24, 2.45) is 15.3 Å². The van der Waals surface area contributed by atoms with Crippen molar-refractivity contribution in [3.8, 4) is 0 Å². The maximum atomic E-state index is 13.3. The van der Waals surface area contributed by atoms with E-state index in [-0.39, 0.29) is 17.1 Å². The van der Waals surface area contributed by atoms with Gasteiger partial charge in [-0.1, -0.05) is 44.2 Å². The van der Waals surface area contributed by atoms with Crippen LogP contribution in [0.3, 0.4) is 0 Å². The van der Waals surface area contributed by atoms with Gasteiger partial charge in [0.25, 0.3) is 5.91 Å². The zero-order chi connectivity index (χ0) is 28.4. The molecule has 1 aliphatic heterocycles. The van der Waals surface area contributed by atoms with Gasteiger partial charge in [0, 0.05) is 33.1 Å². The second kappa shape index (κ2) is 11.2. The van der Waals surface area contributed by atoms with Gasteiger partial charge in [-0.25, -0.2) is 12.9 Å². The Morgan fingerprint density at radius 2 is 1.76 bits per heavy atom. The molecule has 0 aliphatic carbocycles. The van der Waals surface area contributed by atoms with Crippen LogP contribution in [0.5, 0.6) is 0 Å². The molecule has 0 saturated carbocycles. The topological polar surface area (TPSA) is 91.2 Å². The molecule has 0 saturated heterocycles. The minimum atomic E-state index is -4.57. The molecule has 0 radical (unpaired) electrons. The van der Waals surface area contributed by atoms with E-state index in [1.54, 1.807) is 45.3 Å². The van der Waals surface area contributed by atoms with Crippen molar-refractivity contribution in [1.82, 2.24) is 9.62 Å². The van der Waals surface area contributed by atoms with Crippen LogP contribution in [0, 0.1) is 5.92 Å². The zero-order valence-corrected chi connectivity index (χ0v) is 22.9. The van der Waals surface area contributed by atoms with E-state index < -0.39 is 45.3 Å². The normalized spacial score (nSPS) is 18.5. The number of carbonyl (C=O) groups is 2. The molecule has 0 bridgehead atoms. The summed E-state index contributed by atoms with van der Waals surface area (Å²) in [6.45, 7) is 5.34. The van der Waals surface area contributed by atoms with Crippen LogP contribution in [0.25, 0.3) is 0 Å². The second-order valence-corrected chi connectivity index (χ2v) is 12.0. The molecule has 2 aromatic carbocycles. The summed E-state index contributed by atoms with van der Waals surface area (Å²) in [5, 5.41) is 2.87. The molecule has 2 aromatic rings. The summed E-state index contributed by atoms with van der Waals surface area (Å²) >= 11 is 0. The molecule has 38 heavy (non-hydrogen) atoms. The monoisotopic (exact) mass is 548 g/mol. The molecule has 3 atom stereocenters. The first-order valence-corrected chi connectivity index (χ1v) is 13.4. The molecule has 0 fully saturated rings. The van der Waals surface area contributed by atoms with E-state index in [4.69, 9.17) is 0 Å². The van der Waals surface area contributed by atoms with Gasteiger partial charge in [-0.15, -0.1) is 0 Å². The fourth-order valence-electron chi connectivity index (χ4n) is 4.29. The molecular weight excluding hydrogens is 517 g/mol. The lowest BCUT2D eigenvalue weighted by Crippen LogP contribution is -2.37. The van der Waals surface area contributed by atoms with Crippen molar-refractivity contribution in [2.45, 2.75) is 43.8 Å². The number of hydrogen-bond acceptors (Lipinski definition) is 5. The van der Waals surface area contributed by atoms with E-state index in [2.05, 4.69) is 14.7 Å². The predicted octanol–water partition coefficient (Wildman–Crippen LogP) is 5.16. The van der Waals surface area contributed by atoms with Gasteiger partial charge in [0.05, 0.1) is 22.4 Å². The number of nitrogens with one attached hydrogen (secondary N) is 1. The molecule has 0 spiro atoms. The number of benzene rings is 2. The van der Waals surface area contributed by atoms with Gasteiger partial charge in [0.1, 0.15) is 15.5 Å². The number of nitrogens with zero attached hydrogens (tertiary/aromatic N) is 3. The van der Waals surface area contributed by atoms with Gasteiger partial charge >= 0.3 is 6.18 Å². The number of rotatable bonds is 7. The molecule has 204 valence electrons.